The number of esters is 1. The average molecular weight is 660 g/mol. The Morgan fingerprint density at radius 2 is 1.57 bits per heavy atom. The van der Waals surface area contributed by atoms with Gasteiger partial charge >= 0.3 is 5.97 Å². The summed E-state index contributed by atoms with van der Waals surface area (Å²) >= 11 is 0. The molecule has 9 heteroatoms. The van der Waals surface area contributed by atoms with E-state index in [4.69, 9.17) is 18.9 Å². The van der Waals surface area contributed by atoms with Crippen LogP contribution in [0.25, 0.3) is 10.9 Å². The van der Waals surface area contributed by atoms with Gasteiger partial charge in [0.15, 0.2) is 11.5 Å². The normalized spacial score (nSPS) is 13.5. The molecule has 1 fully saturated rings. The lowest BCUT2D eigenvalue weighted by Gasteiger charge is -2.21. The Morgan fingerprint density at radius 1 is 0.837 bits per heavy atom. The number of unbranched alkanes of at least 4 members (excludes halogenated alkanes) is 1. The number of ether oxygens (including phenoxy) is 4. The molecule has 9 nitrogen and oxygen atoms in total. The van der Waals surface area contributed by atoms with Crippen molar-refractivity contribution in [2.45, 2.75) is 50.7 Å². The zero-order chi connectivity index (χ0) is 33.8. The van der Waals surface area contributed by atoms with Crippen molar-refractivity contribution in [3.8, 4) is 23.0 Å². The summed E-state index contributed by atoms with van der Waals surface area (Å²) in [7, 11) is 1.60. The molecule has 1 heterocycles. The van der Waals surface area contributed by atoms with E-state index in [0.29, 0.717) is 52.9 Å². The monoisotopic (exact) mass is 659 g/mol. The van der Waals surface area contributed by atoms with Crippen LogP contribution in [0.15, 0.2) is 109 Å². The van der Waals surface area contributed by atoms with E-state index in [1.807, 2.05) is 60.7 Å². The predicted octanol–water partition coefficient (Wildman–Crippen LogP) is 8.26. The third kappa shape index (κ3) is 8.94. The summed E-state index contributed by atoms with van der Waals surface area (Å²) in [6, 6.07) is 31.0. The van der Waals surface area contributed by atoms with Crippen LogP contribution < -0.4 is 24.8 Å². The number of benzene rings is 4. The standard InChI is InChI=1S/C40H41N3O6/c1-46-36-26-33-34(41-24-22-35(33)48-32-20-18-30(19-21-32)43-39(44)29-14-6-3-7-15-29)27-37(36)47-25-11-10-23-42-38(28-12-4-2-5-13-28)40(45)49-31-16-8-9-17-31/h2-7,12-15,18-22,24,26-27,31,38,42H,8-11,16-17,23,25H2,1H3,(H,43,44)/t38-/m0/s1. The molecule has 1 aromatic heterocycles. The number of hydrogen-bond acceptors (Lipinski definition) is 8. The van der Waals surface area contributed by atoms with Crippen molar-refractivity contribution >= 4 is 28.5 Å². The van der Waals surface area contributed by atoms with Gasteiger partial charge in [0.05, 0.1) is 19.2 Å². The van der Waals surface area contributed by atoms with E-state index in [1.165, 1.54) is 0 Å². The number of rotatable bonds is 15. The van der Waals surface area contributed by atoms with Crippen LogP contribution in [0, 0.1) is 0 Å². The summed E-state index contributed by atoms with van der Waals surface area (Å²) < 4.78 is 23.9. The molecule has 0 spiro atoms. The fourth-order valence-electron chi connectivity index (χ4n) is 5.89. The first kappa shape index (κ1) is 33.5. The Morgan fingerprint density at radius 3 is 2.31 bits per heavy atom. The minimum atomic E-state index is -0.496. The highest BCUT2D eigenvalue weighted by Crippen LogP contribution is 2.37. The molecule has 252 valence electrons. The third-order valence-electron chi connectivity index (χ3n) is 8.49. The quantitative estimate of drug-likeness (QED) is 0.0855. The van der Waals surface area contributed by atoms with Crippen LogP contribution in [0.3, 0.4) is 0 Å². The van der Waals surface area contributed by atoms with Crippen molar-refractivity contribution < 1.29 is 28.5 Å². The lowest BCUT2D eigenvalue weighted by Crippen LogP contribution is -2.33. The Bertz CT molecular complexity index is 1830. The van der Waals surface area contributed by atoms with Crippen molar-refractivity contribution in [1.82, 2.24) is 10.3 Å². The lowest BCUT2D eigenvalue weighted by atomic mass is 10.1. The highest BCUT2D eigenvalue weighted by Gasteiger charge is 2.26. The SMILES string of the molecule is COc1cc2c(Oc3ccc(NC(=O)c4ccccc4)cc3)ccnc2cc1OCCCCN[C@H](C(=O)OC1CCCC1)c1ccccc1. The van der Waals surface area contributed by atoms with E-state index in [9.17, 15) is 9.59 Å². The molecule has 1 saturated carbocycles. The smallest absolute Gasteiger partial charge is 0.328 e. The van der Waals surface area contributed by atoms with Gasteiger partial charge in [0.25, 0.3) is 5.91 Å². The van der Waals surface area contributed by atoms with Gasteiger partial charge in [-0.2, -0.15) is 0 Å². The Hall–Kier alpha value is -5.41. The van der Waals surface area contributed by atoms with Crippen molar-refractivity contribution in [3.05, 3.63) is 120 Å². The number of fused-ring (bicyclic) bond motifs is 1. The second-order valence-electron chi connectivity index (χ2n) is 12.0. The molecule has 0 saturated heterocycles. The topological polar surface area (TPSA) is 108 Å². The number of pyridine rings is 1. The number of carbonyl (C=O) groups excluding carboxylic acids is 2. The second-order valence-corrected chi connectivity index (χ2v) is 12.0. The fraction of sp³-hybridized carbons (Fsp3) is 0.275. The summed E-state index contributed by atoms with van der Waals surface area (Å²) in [6.45, 7) is 1.11. The number of nitrogens with zero attached hydrogens (tertiary/aromatic N) is 1. The maximum Gasteiger partial charge on any atom is 0.328 e. The molecule has 0 radical (unpaired) electrons. The summed E-state index contributed by atoms with van der Waals surface area (Å²) in [5.74, 6) is 2.00. The first-order valence-electron chi connectivity index (χ1n) is 16.8. The molecular weight excluding hydrogens is 618 g/mol. The molecule has 1 amide bonds. The molecule has 49 heavy (non-hydrogen) atoms. The molecule has 0 bridgehead atoms. The summed E-state index contributed by atoms with van der Waals surface area (Å²) in [5.41, 5.74) is 2.86. The highest BCUT2D eigenvalue weighted by molar-refractivity contribution is 6.04. The van der Waals surface area contributed by atoms with Crippen molar-refractivity contribution in [2.75, 3.05) is 25.6 Å². The van der Waals surface area contributed by atoms with Gasteiger partial charge in [-0.3, -0.25) is 9.78 Å². The first-order valence-corrected chi connectivity index (χ1v) is 16.8. The minimum Gasteiger partial charge on any atom is -0.493 e. The molecule has 4 aromatic carbocycles. The molecule has 1 aliphatic carbocycles. The van der Waals surface area contributed by atoms with E-state index in [1.54, 1.807) is 55.8 Å². The number of methoxy groups -OCH3 is 1. The van der Waals surface area contributed by atoms with Crippen molar-refractivity contribution in [2.24, 2.45) is 0 Å². The zero-order valence-corrected chi connectivity index (χ0v) is 27.6. The minimum absolute atomic E-state index is 0.0236. The maximum atomic E-state index is 13.0. The van der Waals surface area contributed by atoms with Gasteiger partial charge in [0.1, 0.15) is 23.6 Å². The van der Waals surface area contributed by atoms with Crippen LogP contribution in [0.1, 0.15) is 60.5 Å². The van der Waals surface area contributed by atoms with E-state index in [0.717, 1.165) is 49.5 Å². The molecule has 5 aromatic rings. The molecule has 1 aliphatic rings. The van der Waals surface area contributed by atoms with Crippen LogP contribution >= 0.6 is 0 Å². The number of carbonyl (C=O) groups is 2. The van der Waals surface area contributed by atoms with Crippen molar-refractivity contribution in [1.29, 1.82) is 0 Å². The predicted molar refractivity (Wildman–Crippen MR) is 189 cm³/mol. The van der Waals surface area contributed by atoms with Gasteiger partial charge in [-0.05, 0) is 99.2 Å². The summed E-state index contributed by atoms with van der Waals surface area (Å²) in [4.78, 5) is 30.1. The number of nitrogens with one attached hydrogen (secondary N) is 2. The molecule has 0 unspecified atom stereocenters. The zero-order valence-electron chi connectivity index (χ0n) is 27.6. The Balaban J connectivity index is 1.03. The molecule has 6 rings (SSSR count). The van der Waals surface area contributed by atoms with Crippen molar-refractivity contribution in [3.63, 3.8) is 0 Å². The Kier molecular flexibility index (Phi) is 11.4. The largest absolute Gasteiger partial charge is 0.493 e. The van der Waals surface area contributed by atoms with Crippen LogP contribution in [0.4, 0.5) is 5.69 Å². The van der Waals surface area contributed by atoms with Crippen LogP contribution in [0.5, 0.6) is 23.0 Å². The maximum absolute atomic E-state index is 13.0. The highest BCUT2D eigenvalue weighted by atomic mass is 16.5. The summed E-state index contributed by atoms with van der Waals surface area (Å²) in [6.07, 6.45) is 7.40. The van der Waals surface area contributed by atoms with E-state index >= 15 is 0 Å². The molecule has 2 N–H and O–H groups in total. The number of hydrogen-bond donors (Lipinski definition) is 2. The van der Waals surface area contributed by atoms with E-state index < -0.39 is 6.04 Å². The number of aromatic nitrogens is 1. The average Bonchev–Trinajstić information content (AvgIpc) is 3.65. The van der Waals surface area contributed by atoms with Gasteiger partial charge in [-0.15, -0.1) is 0 Å². The van der Waals surface area contributed by atoms with Crippen LogP contribution in [-0.2, 0) is 9.53 Å². The van der Waals surface area contributed by atoms with Gasteiger partial charge in [-0.25, -0.2) is 4.79 Å². The van der Waals surface area contributed by atoms with Crippen LogP contribution in [0.2, 0.25) is 0 Å². The number of amides is 1. The van der Waals surface area contributed by atoms with Gasteiger partial charge in [0.2, 0.25) is 0 Å². The van der Waals surface area contributed by atoms with Gasteiger partial charge < -0.3 is 29.6 Å². The molecule has 1 atom stereocenters. The fourth-order valence-corrected chi connectivity index (χ4v) is 5.89. The lowest BCUT2D eigenvalue weighted by molar-refractivity contribution is -0.151. The summed E-state index contributed by atoms with van der Waals surface area (Å²) in [5, 5.41) is 7.07. The number of anilines is 1. The third-order valence-corrected chi connectivity index (χ3v) is 8.49. The Labute approximate surface area is 286 Å². The molecular formula is C40H41N3O6. The van der Waals surface area contributed by atoms with E-state index in [-0.39, 0.29) is 18.0 Å². The second kappa shape index (κ2) is 16.6. The molecule has 0 aliphatic heterocycles. The van der Waals surface area contributed by atoms with Crippen LogP contribution in [-0.4, -0.2) is 43.2 Å². The first-order chi connectivity index (χ1) is 24.1. The van der Waals surface area contributed by atoms with E-state index in [2.05, 4.69) is 15.6 Å². The van der Waals surface area contributed by atoms with Gasteiger partial charge in [0, 0.05) is 28.9 Å². The van der Waals surface area contributed by atoms with Gasteiger partial charge in [-0.1, -0.05) is 48.5 Å².